The Hall–Kier alpha value is -1.25. The van der Waals surface area contributed by atoms with Crippen molar-refractivity contribution in [1.29, 1.82) is 0 Å². The number of sulfonamides is 1. The molecule has 2 saturated heterocycles. The van der Waals surface area contributed by atoms with Gasteiger partial charge in [0.15, 0.2) is 0 Å². The first-order valence-corrected chi connectivity index (χ1v) is 9.78. The summed E-state index contributed by atoms with van der Waals surface area (Å²) in [4.78, 5) is 10.6. The summed E-state index contributed by atoms with van der Waals surface area (Å²) in [5, 5.41) is 0. The van der Waals surface area contributed by atoms with E-state index in [1.165, 1.54) is 0 Å². The second kappa shape index (κ2) is 6.70. The molecule has 2 aliphatic heterocycles. The van der Waals surface area contributed by atoms with E-state index in [1.54, 1.807) is 22.9 Å². The quantitative estimate of drug-likeness (QED) is 0.810. The van der Waals surface area contributed by atoms with Crippen molar-refractivity contribution >= 4 is 15.8 Å². The van der Waals surface area contributed by atoms with E-state index < -0.39 is 15.6 Å². The molecule has 0 N–H and O–H groups in total. The molecule has 0 amide bonds. The predicted molar refractivity (Wildman–Crippen MR) is 87.8 cm³/mol. The van der Waals surface area contributed by atoms with Crippen LogP contribution in [0.25, 0.3) is 0 Å². The molecule has 0 aromatic carbocycles. The molecule has 1 atom stereocenters. The molecule has 0 unspecified atom stereocenters. The number of nitrogens with zero attached hydrogens (tertiary/aromatic N) is 4. The average molecular weight is 340 g/mol. The second-order valence-corrected chi connectivity index (χ2v) is 8.36. The van der Waals surface area contributed by atoms with Gasteiger partial charge < -0.3 is 9.64 Å². The topological polar surface area (TPSA) is 75.6 Å². The fourth-order valence-electron chi connectivity index (χ4n) is 3.43. The second-order valence-electron chi connectivity index (χ2n) is 6.27. The zero-order chi connectivity index (χ0) is 16.3. The minimum Gasteiger partial charge on any atom is -0.370 e. The Labute approximate surface area is 137 Å². The van der Waals surface area contributed by atoms with Crippen LogP contribution in [0.2, 0.25) is 0 Å². The van der Waals surface area contributed by atoms with Gasteiger partial charge in [-0.3, -0.25) is 4.98 Å². The third kappa shape index (κ3) is 3.64. The third-order valence-corrected chi connectivity index (χ3v) is 6.50. The summed E-state index contributed by atoms with van der Waals surface area (Å²) >= 11 is 0. The Morgan fingerprint density at radius 1 is 1.30 bits per heavy atom. The van der Waals surface area contributed by atoms with Gasteiger partial charge in [0.25, 0.3) is 0 Å². The van der Waals surface area contributed by atoms with Gasteiger partial charge in [-0.25, -0.2) is 13.4 Å². The molecule has 2 fully saturated rings. The first-order valence-electron chi connectivity index (χ1n) is 8.17. The van der Waals surface area contributed by atoms with Crippen molar-refractivity contribution in [3.63, 3.8) is 0 Å². The van der Waals surface area contributed by atoms with E-state index >= 15 is 0 Å². The van der Waals surface area contributed by atoms with Gasteiger partial charge >= 0.3 is 0 Å². The van der Waals surface area contributed by atoms with Gasteiger partial charge in [0.05, 0.1) is 24.2 Å². The van der Waals surface area contributed by atoms with Crippen LogP contribution in [0.15, 0.2) is 18.6 Å². The first-order chi connectivity index (χ1) is 11.0. The van der Waals surface area contributed by atoms with Gasteiger partial charge in [-0.2, -0.15) is 4.31 Å². The third-order valence-electron chi connectivity index (χ3n) is 4.48. The van der Waals surface area contributed by atoms with E-state index in [1.807, 2.05) is 6.92 Å². The Morgan fingerprint density at radius 3 is 2.91 bits per heavy atom. The molecule has 7 nitrogen and oxygen atoms in total. The van der Waals surface area contributed by atoms with Crippen LogP contribution in [0.3, 0.4) is 0 Å². The van der Waals surface area contributed by atoms with E-state index in [9.17, 15) is 8.42 Å². The fourth-order valence-corrected chi connectivity index (χ4v) is 4.99. The number of aromatic nitrogens is 2. The highest BCUT2D eigenvalue weighted by atomic mass is 32.2. The number of piperidine rings is 1. The Bertz CT molecular complexity index is 621. The molecule has 1 aromatic rings. The van der Waals surface area contributed by atoms with Crippen LogP contribution in [-0.4, -0.2) is 66.8 Å². The van der Waals surface area contributed by atoms with Crippen molar-refractivity contribution in [2.45, 2.75) is 31.8 Å². The summed E-state index contributed by atoms with van der Waals surface area (Å²) in [5.74, 6) is 1.03. The molecular weight excluding hydrogens is 316 g/mol. The molecule has 128 valence electrons. The SMILES string of the molecule is CCCS(=O)(=O)N1CCO[C@@]2(CCCN(c3cnccn3)C2)C1. The number of ether oxygens (including phenoxy) is 1. The van der Waals surface area contributed by atoms with E-state index in [2.05, 4.69) is 14.9 Å². The Kier molecular flexibility index (Phi) is 4.84. The maximum atomic E-state index is 12.4. The van der Waals surface area contributed by atoms with Gasteiger partial charge in [0.1, 0.15) is 5.82 Å². The lowest BCUT2D eigenvalue weighted by Gasteiger charge is -2.47. The maximum Gasteiger partial charge on any atom is 0.214 e. The minimum absolute atomic E-state index is 0.205. The van der Waals surface area contributed by atoms with E-state index in [0.717, 1.165) is 25.2 Å². The molecule has 23 heavy (non-hydrogen) atoms. The highest BCUT2D eigenvalue weighted by molar-refractivity contribution is 7.89. The van der Waals surface area contributed by atoms with Crippen LogP contribution in [0.4, 0.5) is 5.82 Å². The fraction of sp³-hybridized carbons (Fsp3) is 0.733. The summed E-state index contributed by atoms with van der Waals surface area (Å²) in [6, 6.07) is 0. The lowest BCUT2D eigenvalue weighted by molar-refractivity contribution is -0.0950. The summed E-state index contributed by atoms with van der Waals surface area (Å²) in [7, 11) is -3.18. The Morgan fingerprint density at radius 2 is 2.17 bits per heavy atom. The number of hydrogen-bond acceptors (Lipinski definition) is 6. The smallest absolute Gasteiger partial charge is 0.214 e. The minimum atomic E-state index is -3.18. The molecule has 0 aliphatic carbocycles. The number of rotatable bonds is 4. The molecule has 1 aromatic heterocycles. The zero-order valence-corrected chi connectivity index (χ0v) is 14.3. The normalized spacial score (nSPS) is 26.6. The van der Waals surface area contributed by atoms with Crippen molar-refractivity contribution in [3.8, 4) is 0 Å². The van der Waals surface area contributed by atoms with Gasteiger partial charge in [0.2, 0.25) is 10.0 Å². The lowest BCUT2D eigenvalue weighted by atomic mass is 9.91. The summed E-state index contributed by atoms with van der Waals surface area (Å²) in [5.41, 5.74) is -0.436. The van der Waals surface area contributed by atoms with Crippen molar-refractivity contribution in [2.24, 2.45) is 0 Å². The molecule has 8 heteroatoms. The van der Waals surface area contributed by atoms with Crippen LogP contribution < -0.4 is 4.90 Å². The molecule has 1 spiro atoms. The molecule has 0 bridgehead atoms. The van der Waals surface area contributed by atoms with Crippen molar-refractivity contribution in [1.82, 2.24) is 14.3 Å². The number of morpholine rings is 1. The van der Waals surface area contributed by atoms with Crippen LogP contribution in [0.5, 0.6) is 0 Å². The number of anilines is 1. The lowest BCUT2D eigenvalue weighted by Crippen LogP contribution is -2.61. The molecule has 0 saturated carbocycles. The summed E-state index contributed by atoms with van der Waals surface area (Å²) in [6.45, 7) is 4.79. The molecule has 2 aliphatic rings. The van der Waals surface area contributed by atoms with Crippen molar-refractivity contribution in [2.75, 3.05) is 43.4 Å². The zero-order valence-electron chi connectivity index (χ0n) is 13.5. The van der Waals surface area contributed by atoms with Crippen molar-refractivity contribution < 1.29 is 13.2 Å². The summed E-state index contributed by atoms with van der Waals surface area (Å²) in [6.07, 6.45) is 7.54. The van der Waals surface area contributed by atoms with E-state index in [0.29, 0.717) is 32.7 Å². The molecule has 3 heterocycles. The van der Waals surface area contributed by atoms with Gasteiger partial charge in [-0.15, -0.1) is 0 Å². The van der Waals surface area contributed by atoms with Crippen LogP contribution >= 0.6 is 0 Å². The standard InChI is InChI=1S/C15H24N4O3S/c1-2-10-23(20,21)19-8-9-22-15(13-19)4-3-7-18(12-15)14-11-16-5-6-17-14/h5-6,11H,2-4,7-10,12-13H2,1H3/t15-/m1/s1. The van der Waals surface area contributed by atoms with Crippen LogP contribution in [0, 0.1) is 0 Å². The molecular formula is C15H24N4O3S. The van der Waals surface area contributed by atoms with E-state index in [4.69, 9.17) is 4.74 Å². The maximum absolute atomic E-state index is 12.4. The van der Waals surface area contributed by atoms with Gasteiger partial charge in [-0.05, 0) is 19.3 Å². The highest BCUT2D eigenvalue weighted by Crippen LogP contribution is 2.31. The average Bonchev–Trinajstić information content (AvgIpc) is 2.56. The van der Waals surface area contributed by atoms with Crippen LogP contribution in [0.1, 0.15) is 26.2 Å². The molecule has 0 radical (unpaired) electrons. The highest BCUT2D eigenvalue weighted by Gasteiger charge is 2.43. The van der Waals surface area contributed by atoms with E-state index in [-0.39, 0.29) is 5.75 Å². The summed E-state index contributed by atoms with van der Waals surface area (Å²) < 4.78 is 32.5. The largest absolute Gasteiger partial charge is 0.370 e. The van der Waals surface area contributed by atoms with Gasteiger partial charge in [0, 0.05) is 38.6 Å². The monoisotopic (exact) mass is 340 g/mol. The van der Waals surface area contributed by atoms with Gasteiger partial charge in [-0.1, -0.05) is 6.92 Å². The Balaban J connectivity index is 1.76. The first kappa shape index (κ1) is 16.6. The van der Waals surface area contributed by atoms with Crippen molar-refractivity contribution in [3.05, 3.63) is 18.6 Å². The molecule has 3 rings (SSSR count). The van der Waals surface area contributed by atoms with Crippen LogP contribution in [-0.2, 0) is 14.8 Å². The predicted octanol–water partition coefficient (Wildman–Crippen LogP) is 0.888. The number of hydrogen-bond donors (Lipinski definition) is 0.